The molecule has 1 aromatic heterocycles. The van der Waals surface area contributed by atoms with Gasteiger partial charge >= 0.3 is 0 Å². The molecule has 1 rings (SSSR count). The fourth-order valence-corrected chi connectivity index (χ4v) is 0.993. The van der Waals surface area contributed by atoms with Crippen molar-refractivity contribution in [1.82, 2.24) is 9.97 Å². The summed E-state index contributed by atoms with van der Waals surface area (Å²) in [6, 6.07) is 1.46. The van der Waals surface area contributed by atoms with Crippen molar-refractivity contribution < 1.29 is 4.79 Å². The van der Waals surface area contributed by atoms with Crippen LogP contribution in [0.5, 0.6) is 0 Å². The van der Waals surface area contributed by atoms with Gasteiger partial charge in [0.15, 0.2) is 0 Å². The topological polar surface area (TPSA) is 54.9 Å². The van der Waals surface area contributed by atoms with Gasteiger partial charge in [0, 0.05) is 6.07 Å². The highest BCUT2D eigenvalue weighted by molar-refractivity contribution is 6.32. The second-order valence-electron chi connectivity index (χ2n) is 2.59. The van der Waals surface area contributed by atoms with Gasteiger partial charge in [0.1, 0.15) is 22.7 Å². The zero-order valence-electron chi connectivity index (χ0n) is 7.50. The van der Waals surface area contributed by atoms with E-state index in [0.717, 1.165) is 0 Å². The number of carbonyl (C=O) groups is 1. The highest BCUT2D eigenvalue weighted by atomic mass is 35.5. The Balaban J connectivity index is 2.65. The number of amides is 1. The van der Waals surface area contributed by atoms with Gasteiger partial charge in [-0.1, -0.05) is 18.5 Å². The summed E-state index contributed by atoms with van der Waals surface area (Å²) in [4.78, 5) is 18.8. The Morgan fingerprint density at radius 3 is 2.93 bits per heavy atom. The molecular weight excluding hydrogens is 225 g/mol. The van der Waals surface area contributed by atoms with E-state index < -0.39 is 5.38 Å². The van der Waals surface area contributed by atoms with Crippen LogP contribution in [0, 0.1) is 0 Å². The Bertz CT molecular complexity index is 332. The van der Waals surface area contributed by atoms with Gasteiger partial charge in [-0.2, -0.15) is 0 Å². The standard InChI is InChI=1S/C8H9Cl2N3O/c1-2-5(9)8(14)13-7-3-6(10)11-4-12-7/h3-5H,2H2,1H3,(H,11,12,13,14). The summed E-state index contributed by atoms with van der Waals surface area (Å²) in [5.41, 5.74) is 0. The number of carbonyl (C=O) groups excluding carboxylic acids is 1. The molecule has 1 atom stereocenters. The van der Waals surface area contributed by atoms with Crippen LogP contribution >= 0.6 is 23.2 Å². The van der Waals surface area contributed by atoms with Gasteiger partial charge in [-0.3, -0.25) is 4.79 Å². The van der Waals surface area contributed by atoms with Crippen LogP contribution in [0.3, 0.4) is 0 Å². The molecule has 0 aliphatic rings. The van der Waals surface area contributed by atoms with E-state index in [-0.39, 0.29) is 11.1 Å². The molecule has 0 fully saturated rings. The van der Waals surface area contributed by atoms with Crippen LogP contribution in [0.25, 0.3) is 0 Å². The summed E-state index contributed by atoms with van der Waals surface area (Å²) in [5.74, 6) is 0.0676. The zero-order chi connectivity index (χ0) is 10.6. The summed E-state index contributed by atoms with van der Waals surface area (Å²) >= 11 is 11.3. The van der Waals surface area contributed by atoms with Gasteiger partial charge in [-0.05, 0) is 6.42 Å². The van der Waals surface area contributed by atoms with Gasteiger partial charge in [0.2, 0.25) is 5.91 Å². The average molecular weight is 234 g/mol. The number of hydrogen-bond donors (Lipinski definition) is 1. The molecule has 1 unspecified atom stereocenters. The van der Waals surface area contributed by atoms with Gasteiger partial charge < -0.3 is 5.32 Å². The van der Waals surface area contributed by atoms with Crippen LogP contribution in [-0.4, -0.2) is 21.3 Å². The van der Waals surface area contributed by atoms with Crippen molar-refractivity contribution in [3.63, 3.8) is 0 Å². The smallest absolute Gasteiger partial charge is 0.243 e. The highest BCUT2D eigenvalue weighted by Gasteiger charge is 2.13. The van der Waals surface area contributed by atoms with Crippen LogP contribution in [0.2, 0.25) is 5.15 Å². The number of nitrogens with zero attached hydrogens (tertiary/aromatic N) is 2. The number of hydrogen-bond acceptors (Lipinski definition) is 3. The van der Waals surface area contributed by atoms with Gasteiger partial charge in [0.25, 0.3) is 0 Å². The molecule has 4 nitrogen and oxygen atoms in total. The summed E-state index contributed by atoms with van der Waals surface area (Å²) in [5, 5.41) is 2.25. The van der Waals surface area contributed by atoms with Crippen molar-refractivity contribution in [2.75, 3.05) is 5.32 Å². The number of anilines is 1. The SMILES string of the molecule is CCC(Cl)C(=O)Nc1cc(Cl)ncn1. The molecule has 0 aliphatic heterocycles. The Kier molecular flexibility index (Phi) is 4.10. The predicted molar refractivity (Wildman–Crippen MR) is 55.6 cm³/mol. The lowest BCUT2D eigenvalue weighted by molar-refractivity contribution is -0.115. The lowest BCUT2D eigenvalue weighted by Gasteiger charge is -2.06. The number of rotatable bonds is 3. The van der Waals surface area contributed by atoms with Crippen molar-refractivity contribution >= 4 is 34.9 Å². The molecule has 1 heterocycles. The van der Waals surface area contributed by atoms with E-state index >= 15 is 0 Å². The van der Waals surface area contributed by atoms with Crippen LogP contribution in [0.1, 0.15) is 13.3 Å². The number of nitrogens with one attached hydrogen (secondary N) is 1. The quantitative estimate of drug-likeness (QED) is 0.643. The molecule has 14 heavy (non-hydrogen) atoms. The molecule has 6 heteroatoms. The van der Waals surface area contributed by atoms with Crippen molar-refractivity contribution in [2.24, 2.45) is 0 Å². The third-order valence-corrected chi connectivity index (χ3v) is 2.24. The van der Waals surface area contributed by atoms with Crippen LogP contribution in [0.4, 0.5) is 5.82 Å². The fraction of sp³-hybridized carbons (Fsp3) is 0.375. The van der Waals surface area contributed by atoms with E-state index in [4.69, 9.17) is 23.2 Å². The van der Waals surface area contributed by atoms with Gasteiger partial charge in [0.05, 0.1) is 0 Å². The molecule has 0 bridgehead atoms. The van der Waals surface area contributed by atoms with Gasteiger partial charge in [-0.25, -0.2) is 9.97 Å². The molecule has 1 amide bonds. The lowest BCUT2D eigenvalue weighted by Crippen LogP contribution is -2.22. The molecule has 0 aromatic carbocycles. The first-order valence-corrected chi connectivity index (χ1v) is 4.87. The number of alkyl halides is 1. The second kappa shape index (κ2) is 5.12. The summed E-state index contributed by atoms with van der Waals surface area (Å²) < 4.78 is 0. The fourth-order valence-electron chi connectivity index (χ4n) is 0.792. The molecule has 0 spiro atoms. The molecule has 0 saturated carbocycles. The van der Waals surface area contributed by atoms with Gasteiger partial charge in [-0.15, -0.1) is 11.6 Å². The summed E-state index contributed by atoms with van der Waals surface area (Å²) in [7, 11) is 0. The van der Waals surface area contributed by atoms with Crippen molar-refractivity contribution in [3.8, 4) is 0 Å². The first-order chi connectivity index (χ1) is 6.63. The number of aromatic nitrogens is 2. The maximum Gasteiger partial charge on any atom is 0.243 e. The molecule has 1 aromatic rings. The molecule has 0 saturated heterocycles. The first kappa shape index (κ1) is 11.2. The average Bonchev–Trinajstić information content (AvgIpc) is 2.16. The summed E-state index contributed by atoms with van der Waals surface area (Å²) in [6.45, 7) is 1.82. The Hall–Kier alpha value is -0.870. The first-order valence-electron chi connectivity index (χ1n) is 4.06. The Labute approximate surface area is 91.6 Å². The van der Waals surface area contributed by atoms with E-state index in [1.165, 1.54) is 12.4 Å². The van der Waals surface area contributed by atoms with E-state index in [1.807, 2.05) is 6.92 Å². The third-order valence-electron chi connectivity index (χ3n) is 1.53. The minimum Gasteiger partial charge on any atom is -0.309 e. The highest BCUT2D eigenvalue weighted by Crippen LogP contribution is 2.10. The maximum atomic E-state index is 11.3. The molecule has 0 aliphatic carbocycles. The minimum atomic E-state index is -0.552. The molecule has 76 valence electrons. The minimum absolute atomic E-state index is 0.276. The number of halogens is 2. The van der Waals surface area contributed by atoms with Crippen LogP contribution in [0.15, 0.2) is 12.4 Å². The summed E-state index contributed by atoms with van der Waals surface area (Å²) in [6.07, 6.45) is 1.83. The third kappa shape index (κ3) is 3.12. The van der Waals surface area contributed by atoms with Crippen LogP contribution < -0.4 is 5.32 Å². The second-order valence-corrected chi connectivity index (χ2v) is 3.51. The van der Waals surface area contributed by atoms with Crippen LogP contribution in [-0.2, 0) is 4.79 Å². The zero-order valence-corrected chi connectivity index (χ0v) is 9.01. The van der Waals surface area contributed by atoms with Crippen molar-refractivity contribution in [3.05, 3.63) is 17.5 Å². The maximum absolute atomic E-state index is 11.3. The normalized spacial score (nSPS) is 12.2. The van der Waals surface area contributed by atoms with Crippen molar-refractivity contribution in [2.45, 2.75) is 18.7 Å². The largest absolute Gasteiger partial charge is 0.309 e. The lowest BCUT2D eigenvalue weighted by atomic mass is 10.3. The molecular formula is C8H9Cl2N3O. The monoisotopic (exact) mass is 233 g/mol. The van der Waals surface area contributed by atoms with Crippen molar-refractivity contribution in [1.29, 1.82) is 0 Å². The van der Waals surface area contributed by atoms with E-state index in [0.29, 0.717) is 12.2 Å². The molecule has 1 N–H and O–H groups in total. The van der Waals surface area contributed by atoms with E-state index in [1.54, 1.807) is 0 Å². The Morgan fingerprint density at radius 1 is 1.64 bits per heavy atom. The predicted octanol–water partition coefficient (Wildman–Crippen LogP) is 2.09. The van der Waals surface area contributed by atoms with E-state index in [9.17, 15) is 4.79 Å². The van der Waals surface area contributed by atoms with E-state index in [2.05, 4.69) is 15.3 Å². The Morgan fingerprint density at radius 2 is 2.36 bits per heavy atom. The molecule has 0 radical (unpaired) electrons.